The van der Waals surface area contributed by atoms with Crippen LogP contribution in [0.5, 0.6) is 0 Å². The zero-order valence-corrected chi connectivity index (χ0v) is 15.9. The molecule has 0 aromatic heterocycles. The highest BCUT2D eigenvalue weighted by molar-refractivity contribution is 6.10. The van der Waals surface area contributed by atoms with Gasteiger partial charge in [0.1, 0.15) is 12.1 Å². The lowest BCUT2D eigenvalue weighted by molar-refractivity contribution is -0.136. The Kier molecular flexibility index (Phi) is 4.89. The predicted octanol–water partition coefficient (Wildman–Crippen LogP) is 3.18. The Bertz CT molecular complexity index is 858. The third kappa shape index (κ3) is 3.57. The molecule has 1 saturated heterocycles. The van der Waals surface area contributed by atoms with Gasteiger partial charge in [-0.2, -0.15) is 0 Å². The molecule has 3 rings (SSSR count). The molecule has 6 nitrogen and oxygen atoms in total. The van der Waals surface area contributed by atoms with E-state index in [0.717, 1.165) is 17.4 Å². The summed E-state index contributed by atoms with van der Waals surface area (Å²) in [4.78, 5) is 38.3. The van der Waals surface area contributed by atoms with Crippen LogP contribution in [-0.4, -0.2) is 34.8 Å². The van der Waals surface area contributed by atoms with Crippen molar-refractivity contribution in [1.29, 1.82) is 0 Å². The minimum Gasteiger partial charge on any atom is -0.323 e. The minimum absolute atomic E-state index is 0.159. The van der Waals surface area contributed by atoms with Crippen molar-refractivity contribution in [2.75, 3.05) is 11.9 Å². The second-order valence-electron chi connectivity index (χ2n) is 8.53. The Hall–Kier alpha value is -2.58. The highest BCUT2D eigenvalue weighted by Gasteiger charge is 2.56. The minimum atomic E-state index is -1.72. The number of hydrogen-bond donors (Lipinski definition) is 2. The maximum Gasteiger partial charge on any atom is 0.325 e. The molecule has 1 aliphatic carbocycles. The number of anilines is 1. The summed E-state index contributed by atoms with van der Waals surface area (Å²) in [6.45, 7) is 5.39. The van der Waals surface area contributed by atoms with E-state index in [1.54, 1.807) is 0 Å². The maximum atomic E-state index is 13.7. The molecule has 0 bridgehead atoms. The van der Waals surface area contributed by atoms with Crippen molar-refractivity contribution < 1.29 is 27.6 Å². The highest BCUT2D eigenvalue weighted by Crippen LogP contribution is 2.46. The highest BCUT2D eigenvalue weighted by atomic mass is 19.2. The van der Waals surface area contributed by atoms with E-state index in [-0.39, 0.29) is 11.3 Å². The quantitative estimate of drug-likeness (QED) is 0.607. The summed E-state index contributed by atoms with van der Waals surface area (Å²) in [6.07, 6.45) is 1.83. The molecule has 1 heterocycles. The number of rotatable bonds is 3. The van der Waals surface area contributed by atoms with Crippen LogP contribution in [0.1, 0.15) is 40.0 Å². The van der Waals surface area contributed by atoms with Gasteiger partial charge in [-0.15, -0.1) is 0 Å². The van der Waals surface area contributed by atoms with Gasteiger partial charge < -0.3 is 10.6 Å². The molecule has 2 atom stereocenters. The standard InChI is InChI=1S/C19H22F3N3O3/c1-10-6-18(2,3)9-19(7-10)16(27)25(17(28)24-19)8-13(26)23-12-5-4-11(20)14(21)15(12)22/h4-5,10H,6-9H2,1-3H3,(H,23,26)(H,24,28)/t10-,19+/m1/s1. The second kappa shape index (κ2) is 6.79. The van der Waals surface area contributed by atoms with Crippen molar-refractivity contribution in [1.82, 2.24) is 10.2 Å². The summed E-state index contributed by atoms with van der Waals surface area (Å²) in [5.74, 6) is -5.85. The van der Waals surface area contributed by atoms with E-state index in [1.807, 2.05) is 20.8 Å². The first kappa shape index (κ1) is 20.2. The number of nitrogens with zero attached hydrogens (tertiary/aromatic N) is 1. The van der Waals surface area contributed by atoms with Gasteiger partial charge in [-0.1, -0.05) is 20.8 Å². The van der Waals surface area contributed by atoms with E-state index in [2.05, 4.69) is 10.6 Å². The SMILES string of the molecule is C[C@@H]1CC(C)(C)C[C@]2(C1)NC(=O)N(CC(=O)Nc1ccc(F)c(F)c1F)C2=O. The predicted molar refractivity (Wildman–Crippen MR) is 94.7 cm³/mol. The fourth-order valence-electron chi connectivity index (χ4n) is 4.61. The number of carbonyl (C=O) groups is 3. The van der Waals surface area contributed by atoms with Gasteiger partial charge in [-0.3, -0.25) is 14.5 Å². The Morgan fingerprint density at radius 1 is 1.21 bits per heavy atom. The number of benzene rings is 1. The number of carbonyl (C=O) groups excluding carboxylic acids is 3. The molecule has 2 N–H and O–H groups in total. The third-order valence-electron chi connectivity index (χ3n) is 5.24. The van der Waals surface area contributed by atoms with Crippen LogP contribution in [0, 0.1) is 28.8 Å². The molecule has 1 spiro atoms. The lowest BCUT2D eigenvalue weighted by Gasteiger charge is -2.43. The summed E-state index contributed by atoms with van der Waals surface area (Å²) in [5.41, 5.74) is -1.79. The van der Waals surface area contributed by atoms with Crippen LogP contribution in [0.4, 0.5) is 23.7 Å². The number of imide groups is 1. The molecule has 1 aliphatic heterocycles. The smallest absolute Gasteiger partial charge is 0.323 e. The summed E-state index contributed by atoms with van der Waals surface area (Å²) < 4.78 is 40.0. The van der Waals surface area contributed by atoms with Crippen molar-refractivity contribution in [3.63, 3.8) is 0 Å². The number of amides is 4. The molecule has 0 unspecified atom stereocenters. The fourth-order valence-corrected chi connectivity index (χ4v) is 4.61. The molecule has 152 valence electrons. The Morgan fingerprint density at radius 3 is 2.54 bits per heavy atom. The molecule has 2 aliphatic rings. The molecule has 1 aromatic carbocycles. The summed E-state index contributed by atoms with van der Waals surface area (Å²) in [6, 6.07) is 0.836. The van der Waals surface area contributed by atoms with Crippen molar-refractivity contribution in [3.8, 4) is 0 Å². The molecular formula is C19H22F3N3O3. The van der Waals surface area contributed by atoms with Crippen molar-refractivity contribution in [2.45, 2.75) is 45.6 Å². The van der Waals surface area contributed by atoms with Crippen molar-refractivity contribution in [3.05, 3.63) is 29.6 Å². The van der Waals surface area contributed by atoms with Crippen molar-refractivity contribution >= 4 is 23.5 Å². The second-order valence-corrected chi connectivity index (χ2v) is 8.53. The van der Waals surface area contributed by atoms with Gasteiger partial charge in [0.2, 0.25) is 5.91 Å². The summed E-state index contributed by atoms with van der Waals surface area (Å²) in [7, 11) is 0. The number of urea groups is 1. The molecule has 0 radical (unpaired) electrons. The van der Waals surface area contributed by atoms with Crippen LogP contribution >= 0.6 is 0 Å². The largest absolute Gasteiger partial charge is 0.325 e. The Labute approximate surface area is 160 Å². The molecule has 9 heteroatoms. The number of halogens is 3. The molecule has 28 heavy (non-hydrogen) atoms. The van der Waals surface area contributed by atoms with Gasteiger partial charge in [0.25, 0.3) is 5.91 Å². The van der Waals surface area contributed by atoms with E-state index < -0.39 is 53.1 Å². The van der Waals surface area contributed by atoms with E-state index in [0.29, 0.717) is 18.9 Å². The van der Waals surface area contributed by atoms with Gasteiger partial charge in [0, 0.05) is 0 Å². The van der Waals surface area contributed by atoms with Crippen LogP contribution < -0.4 is 10.6 Å². The van der Waals surface area contributed by atoms with Crippen molar-refractivity contribution in [2.24, 2.45) is 11.3 Å². The number of hydrogen-bond acceptors (Lipinski definition) is 3. The van der Waals surface area contributed by atoms with E-state index in [9.17, 15) is 27.6 Å². The van der Waals surface area contributed by atoms with Crippen LogP contribution in [0.15, 0.2) is 12.1 Å². The Morgan fingerprint density at radius 2 is 1.89 bits per heavy atom. The maximum absolute atomic E-state index is 13.7. The van der Waals surface area contributed by atoms with Gasteiger partial charge in [0.15, 0.2) is 17.5 Å². The van der Waals surface area contributed by atoms with Gasteiger partial charge >= 0.3 is 6.03 Å². The first-order valence-electron chi connectivity index (χ1n) is 9.02. The lowest BCUT2D eigenvalue weighted by atomic mass is 9.64. The fraction of sp³-hybridized carbons (Fsp3) is 0.526. The van der Waals surface area contributed by atoms with E-state index >= 15 is 0 Å². The lowest BCUT2D eigenvalue weighted by Crippen LogP contribution is -2.54. The van der Waals surface area contributed by atoms with E-state index in [1.165, 1.54) is 0 Å². The monoisotopic (exact) mass is 397 g/mol. The van der Waals surface area contributed by atoms with Crippen LogP contribution in [0.25, 0.3) is 0 Å². The first-order valence-corrected chi connectivity index (χ1v) is 9.02. The molecule has 4 amide bonds. The third-order valence-corrected chi connectivity index (χ3v) is 5.24. The average Bonchev–Trinajstić information content (AvgIpc) is 2.77. The molecule has 1 aromatic rings. The average molecular weight is 397 g/mol. The topological polar surface area (TPSA) is 78.5 Å². The van der Waals surface area contributed by atoms with Gasteiger partial charge in [-0.05, 0) is 42.7 Å². The summed E-state index contributed by atoms with van der Waals surface area (Å²) in [5, 5.41) is 4.79. The van der Waals surface area contributed by atoms with Gasteiger partial charge in [0.05, 0.1) is 5.69 Å². The molecule has 1 saturated carbocycles. The summed E-state index contributed by atoms with van der Waals surface area (Å²) >= 11 is 0. The first-order chi connectivity index (χ1) is 12.9. The zero-order valence-electron chi connectivity index (χ0n) is 15.9. The van der Waals surface area contributed by atoms with E-state index in [4.69, 9.17) is 0 Å². The van der Waals surface area contributed by atoms with Crippen LogP contribution in [0.3, 0.4) is 0 Å². The normalized spacial score (nSPS) is 26.5. The zero-order chi connectivity index (χ0) is 20.9. The Balaban J connectivity index is 1.74. The number of nitrogens with one attached hydrogen (secondary N) is 2. The van der Waals surface area contributed by atoms with Crippen LogP contribution in [-0.2, 0) is 9.59 Å². The molecular weight excluding hydrogens is 375 g/mol. The molecule has 2 fully saturated rings. The van der Waals surface area contributed by atoms with Gasteiger partial charge in [-0.25, -0.2) is 18.0 Å². The van der Waals surface area contributed by atoms with Crippen LogP contribution in [0.2, 0.25) is 0 Å².